The molecule has 3 aromatic rings. The maximum atomic E-state index is 5.58. The van der Waals surface area contributed by atoms with Crippen LogP contribution in [0.4, 0.5) is 0 Å². The minimum atomic E-state index is 0.315. The fourth-order valence-electron chi connectivity index (χ4n) is 2.82. The van der Waals surface area contributed by atoms with Crippen molar-refractivity contribution in [3.8, 4) is 0 Å². The quantitative estimate of drug-likeness (QED) is 0.277. The first-order chi connectivity index (χ1) is 16.9. The molecule has 0 bridgehead atoms. The molecule has 3 heteroatoms. The van der Waals surface area contributed by atoms with Gasteiger partial charge in [0.2, 0.25) is 0 Å². The molecule has 0 N–H and O–H groups in total. The molecule has 0 heterocycles. The lowest BCUT2D eigenvalue weighted by molar-refractivity contribution is 0.0508. The third-order valence-corrected chi connectivity index (χ3v) is 5.06. The number of benzene rings is 3. The zero-order valence-electron chi connectivity index (χ0n) is 22.7. The molecule has 3 aromatic carbocycles. The van der Waals surface area contributed by atoms with Gasteiger partial charge in [0.1, 0.15) is 0 Å². The lowest BCUT2D eigenvalue weighted by atomic mass is 10.2. The van der Waals surface area contributed by atoms with Crippen molar-refractivity contribution in [2.45, 2.75) is 85.9 Å². The van der Waals surface area contributed by atoms with Crippen LogP contribution < -0.4 is 0 Å². The molecule has 0 saturated carbocycles. The van der Waals surface area contributed by atoms with Crippen LogP contribution >= 0.6 is 0 Å². The number of hydrogen-bond donors (Lipinski definition) is 0. The van der Waals surface area contributed by atoms with E-state index in [0.29, 0.717) is 18.3 Å². The van der Waals surface area contributed by atoms with Gasteiger partial charge in [-0.3, -0.25) is 0 Å². The summed E-state index contributed by atoms with van der Waals surface area (Å²) in [6, 6.07) is 30.9. The molecule has 0 aliphatic heterocycles. The van der Waals surface area contributed by atoms with E-state index in [1.165, 1.54) is 16.7 Å². The minimum absolute atomic E-state index is 0.315. The summed E-state index contributed by atoms with van der Waals surface area (Å²) in [7, 11) is 0. The molecule has 1 atom stereocenters. The maximum Gasteiger partial charge on any atom is 0.0720 e. The first-order valence-electron chi connectivity index (χ1n) is 12.9. The maximum absolute atomic E-state index is 5.58. The Balaban J connectivity index is 0.000000263. The van der Waals surface area contributed by atoms with E-state index in [9.17, 15) is 0 Å². The first kappa shape index (κ1) is 30.6. The van der Waals surface area contributed by atoms with E-state index in [1.54, 1.807) is 0 Å². The smallest absolute Gasteiger partial charge is 0.0720 e. The number of hydrogen-bond acceptors (Lipinski definition) is 3. The van der Waals surface area contributed by atoms with Crippen LogP contribution in [0.25, 0.3) is 0 Å². The highest BCUT2D eigenvalue weighted by Crippen LogP contribution is 2.05. The Kier molecular flexibility index (Phi) is 17.3. The molecule has 0 radical (unpaired) electrons. The van der Waals surface area contributed by atoms with Gasteiger partial charge in [-0.25, -0.2) is 0 Å². The van der Waals surface area contributed by atoms with Crippen molar-refractivity contribution in [2.24, 2.45) is 0 Å². The van der Waals surface area contributed by atoms with Crippen molar-refractivity contribution in [1.82, 2.24) is 0 Å². The van der Waals surface area contributed by atoms with E-state index >= 15 is 0 Å². The third-order valence-electron chi connectivity index (χ3n) is 5.06. The Labute approximate surface area is 214 Å². The summed E-state index contributed by atoms with van der Waals surface area (Å²) in [6.45, 7) is 14.7. The molecule has 3 nitrogen and oxygen atoms in total. The summed E-state index contributed by atoms with van der Waals surface area (Å²) >= 11 is 0. The highest BCUT2D eigenvalue weighted by atomic mass is 16.5. The lowest BCUT2D eigenvalue weighted by Crippen LogP contribution is -2.05. The first-order valence-corrected chi connectivity index (χ1v) is 12.9. The van der Waals surface area contributed by atoms with E-state index in [4.69, 9.17) is 14.2 Å². The van der Waals surface area contributed by atoms with E-state index in [2.05, 4.69) is 76.2 Å². The van der Waals surface area contributed by atoms with Crippen LogP contribution in [0.2, 0.25) is 0 Å². The monoisotopic (exact) mass is 478 g/mol. The number of ether oxygens (including phenoxy) is 3. The van der Waals surface area contributed by atoms with Crippen LogP contribution in [0.3, 0.4) is 0 Å². The van der Waals surface area contributed by atoms with Crippen molar-refractivity contribution in [2.75, 3.05) is 6.61 Å². The van der Waals surface area contributed by atoms with Gasteiger partial charge in [0.05, 0.1) is 38.1 Å². The Morgan fingerprint density at radius 3 is 1.31 bits per heavy atom. The Morgan fingerprint density at radius 2 is 0.914 bits per heavy atom. The second-order valence-electron chi connectivity index (χ2n) is 9.02. The Bertz CT molecular complexity index is 832. The second kappa shape index (κ2) is 19.8. The van der Waals surface area contributed by atoms with Gasteiger partial charge in [0.15, 0.2) is 0 Å². The standard InChI is InChI=1S/2C11H16O.C10H14O/c1-10(2)12-9-8-11-6-4-3-5-7-11;1-3-10(2)12-9-11-7-5-4-6-8-11;1-9(2)11-8-10-6-4-3-5-7-10/h3-7,10H,8-9H2,1-2H3;4-8,10H,3,9H2,1-2H3;3-7,9H,8H2,1-2H3. The van der Waals surface area contributed by atoms with Crippen LogP contribution in [-0.4, -0.2) is 24.9 Å². The molecule has 0 amide bonds. The van der Waals surface area contributed by atoms with Gasteiger partial charge in [-0.1, -0.05) is 97.9 Å². The zero-order chi connectivity index (χ0) is 25.7. The van der Waals surface area contributed by atoms with Gasteiger partial charge >= 0.3 is 0 Å². The molecule has 0 fully saturated rings. The van der Waals surface area contributed by atoms with Crippen molar-refractivity contribution in [3.63, 3.8) is 0 Å². The highest BCUT2D eigenvalue weighted by molar-refractivity contribution is 5.15. The number of rotatable bonds is 11. The molecule has 0 aromatic heterocycles. The molecule has 35 heavy (non-hydrogen) atoms. The van der Waals surface area contributed by atoms with E-state index in [0.717, 1.165) is 32.7 Å². The van der Waals surface area contributed by atoms with E-state index in [-0.39, 0.29) is 0 Å². The van der Waals surface area contributed by atoms with Gasteiger partial charge in [-0.05, 0) is 64.2 Å². The van der Waals surface area contributed by atoms with Gasteiger partial charge in [-0.2, -0.15) is 0 Å². The molecule has 1 unspecified atom stereocenters. The molecular weight excluding hydrogens is 432 g/mol. The largest absolute Gasteiger partial charge is 0.378 e. The molecule has 0 saturated heterocycles. The zero-order valence-corrected chi connectivity index (χ0v) is 22.7. The Hall–Kier alpha value is -2.46. The van der Waals surface area contributed by atoms with Crippen molar-refractivity contribution >= 4 is 0 Å². The summed E-state index contributed by atoms with van der Waals surface area (Å²) in [5, 5.41) is 0. The van der Waals surface area contributed by atoms with E-state index < -0.39 is 0 Å². The normalized spacial score (nSPS) is 11.3. The van der Waals surface area contributed by atoms with Crippen molar-refractivity contribution < 1.29 is 14.2 Å². The summed E-state index contributed by atoms with van der Waals surface area (Å²) < 4.78 is 16.5. The molecule has 0 aliphatic carbocycles. The van der Waals surface area contributed by atoms with Crippen LogP contribution in [0.5, 0.6) is 0 Å². The van der Waals surface area contributed by atoms with Gasteiger partial charge in [-0.15, -0.1) is 0 Å². The van der Waals surface area contributed by atoms with Crippen molar-refractivity contribution in [1.29, 1.82) is 0 Å². The van der Waals surface area contributed by atoms with E-state index in [1.807, 2.05) is 56.3 Å². The summed E-state index contributed by atoms with van der Waals surface area (Å²) in [5.41, 5.74) is 3.83. The average molecular weight is 479 g/mol. The summed E-state index contributed by atoms with van der Waals surface area (Å²) in [6.07, 6.45) is 3.11. The predicted molar refractivity (Wildman–Crippen MR) is 149 cm³/mol. The fraction of sp³-hybridized carbons (Fsp3) is 0.438. The van der Waals surface area contributed by atoms with Gasteiger partial charge in [0, 0.05) is 0 Å². The highest BCUT2D eigenvalue weighted by Gasteiger charge is 1.98. The summed E-state index contributed by atoms with van der Waals surface area (Å²) in [5.74, 6) is 0. The SMILES string of the molecule is CC(C)OCCc1ccccc1.CC(C)OCc1ccccc1.CCC(C)OCc1ccccc1. The van der Waals surface area contributed by atoms with Crippen molar-refractivity contribution in [3.05, 3.63) is 108 Å². The molecule has 0 aliphatic rings. The molecule has 3 rings (SSSR count). The average Bonchev–Trinajstić information content (AvgIpc) is 2.88. The Morgan fingerprint density at radius 1 is 0.514 bits per heavy atom. The lowest BCUT2D eigenvalue weighted by Gasteiger charge is -2.09. The molecule has 0 spiro atoms. The third kappa shape index (κ3) is 17.6. The van der Waals surface area contributed by atoms with Crippen LogP contribution in [0.1, 0.15) is 64.7 Å². The summed E-state index contributed by atoms with van der Waals surface area (Å²) in [4.78, 5) is 0. The molecule has 192 valence electrons. The predicted octanol–water partition coefficient (Wildman–Crippen LogP) is 8.27. The fourth-order valence-corrected chi connectivity index (χ4v) is 2.82. The van der Waals surface area contributed by atoms with Gasteiger partial charge in [0.25, 0.3) is 0 Å². The van der Waals surface area contributed by atoms with Gasteiger partial charge < -0.3 is 14.2 Å². The minimum Gasteiger partial charge on any atom is -0.378 e. The topological polar surface area (TPSA) is 27.7 Å². The second-order valence-corrected chi connectivity index (χ2v) is 9.02. The van der Waals surface area contributed by atoms with Crippen LogP contribution in [0, 0.1) is 0 Å². The van der Waals surface area contributed by atoms with Crippen LogP contribution in [-0.2, 0) is 33.8 Å². The molecular formula is C32H46O3. The van der Waals surface area contributed by atoms with Crippen LogP contribution in [0.15, 0.2) is 91.0 Å².